The summed E-state index contributed by atoms with van der Waals surface area (Å²) in [6.45, 7) is 14.2. The van der Waals surface area contributed by atoms with Gasteiger partial charge in [-0.3, -0.25) is 0 Å². The number of hydrogen-bond donors (Lipinski definition) is 0. The molecule has 2 aliphatic carbocycles. The Hall–Kier alpha value is -0.0969. The van der Waals surface area contributed by atoms with E-state index in [2.05, 4.69) is 84.0 Å². The smallest absolute Gasteiger partial charge is 1.00 e. The normalized spacial score (nSPS) is 21.6. The molecule has 1 atom stereocenters. The predicted octanol–water partition coefficient (Wildman–Crippen LogP) is 1.44. The fourth-order valence-corrected chi connectivity index (χ4v) is 19.1. The van der Waals surface area contributed by atoms with Gasteiger partial charge in [0.25, 0.3) is 0 Å². The first-order chi connectivity index (χ1) is 11.6. The van der Waals surface area contributed by atoms with Crippen molar-refractivity contribution in [3.05, 3.63) is 62.5 Å². The summed E-state index contributed by atoms with van der Waals surface area (Å²) in [6, 6.07) is 9.29. The third-order valence-corrected chi connectivity index (χ3v) is 18.5. The monoisotopic (exact) mass is 480 g/mol. The molecule has 1 heterocycles. The van der Waals surface area contributed by atoms with E-state index in [1.165, 1.54) is 6.42 Å². The van der Waals surface area contributed by atoms with E-state index in [1.807, 2.05) is 3.28 Å². The standard InChI is InChI=1S/C13H15.C9H13.C2H4.2ClH.Zr/c1-13(2,3)12-9-8-10-6-4-5-7-11(10)12;1-9(2,3)8-6-4-5-7-8;1-2;;;/h4-9H,1-3H3;4,6H,7H2,1-3H3;1-2H2;2*1H;/q;;;;;+2/p-2. The van der Waals surface area contributed by atoms with E-state index in [0.29, 0.717) is 5.41 Å². The summed E-state index contributed by atoms with van der Waals surface area (Å²) < 4.78 is 5.78. The van der Waals surface area contributed by atoms with Crippen LogP contribution < -0.4 is 24.8 Å². The van der Waals surface area contributed by atoms with Crippen molar-refractivity contribution in [3.8, 4) is 0 Å². The molecule has 0 aromatic heterocycles. The molecule has 4 rings (SSSR count). The van der Waals surface area contributed by atoms with Crippen molar-refractivity contribution >= 4 is 5.57 Å². The van der Waals surface area contributed by atoms with E-state index in [1.54, 1.807) is 30.5 Å². The Morgan fingerprint density at radius 1 is 0.852 bits per heavy atom. The van der Waals surface area contributed by atoms with E-state index in [0.717, 1.165) is 3.63 Å². The Morgan fingerprint density at radius 3 is 2.00 bits per heavy atom. The van der Waals surface area contributed by atoms with Gasteiger partial charge in [0.05, 0.1) is 0 Å². The first kappa shape index (κ1) is 23.2. The van der Waals surface area contributed by atoms with E-state index < -0.39 is 20.3 Å². The van der Waals surface area contributed by atoms with Crippen LogP contribution in [0.1, 0.15) is 62.7 Å². The van der Waals surface area contributed by atoms with E-state index in [9.17, 15) is 0 Å². The summed E-state index contributed by atoms with van der Waals surface area (Å²) in [7, 11) is 0. The number of benzene rings is 1. The minimum atomic E-state index is -2.23. The zero-order valence-electron chi connectivity index (χ0n) is 17.5. The van der Waals surface area contributed by atoms with Gasteiger partial charge in [0, 0.05) is 0 Å². The number of rotatable bonds is 2. The van der Waals surface area contributed by atoms with Crippen molar-refractivity contribution < 1.29 is 45.1 Å². The first-order valence-electron chi connectivity index (χ1n) is 9.85. The number of allylic oxidation sites excluding steroid dienone is 6. The van der Waals surface area contributed by atoms with Crippen LogP contribution in [0.15, 0.2) is 51.3 Å². The molecule has 0 bridgehead atoms. The second-order valence-corrected chi connectivity index (χ2v) is 21.6. The molecule has 0 saturated carbocycles. The van der Waals surface area contributed by atoms with Crippen LogP contribution in [-0.4, -0.2) is 0 Å². The molecule has 1 fully saturated rings. The third-order valence-electron chi connectivity index (χ3n) is 6.58. The second-order valence-electron chi connectivity index (χ2n) is 10.4. The molecule has 3 aliphatic rings. The van der Waals surface area contributed by atoms with Gasteiger partial charge in [-0.15, -0.1) is 0 Å². The maximum atomic E-state index is 2.71. The Balaban J connectivity index is 0.00000131. The molecule has 1 aromatic carbocycles. The molecule has 3 heteroatoms. The van der Waals surface area contributed by atoms with Crippen LogP contribution in [0.2, 0.25) is 8.26 Å². The van der Waals surface area contributed by atoms with Crippen molar-refractivity contribution in [2.45, 2.75) is 59.8 Å². The Kier molecular flexibility index (Phi) is 6.55. The van der Waals surface area contributed by atoms with Gasteiger partial charge >= 0.3 is 159 Å². The van der Waals surface area contributed by atoms with E-state index in [-0.39, 0.29) is 30.2 Å². The van der Waals surface area contributed by atoms with Crippen molar-refractivity contribution in [2.75, 3.05) is 0 Å². The summed E-state index contributed by atoms with van der Waals surface area (Å²) in [5.74, 6) is 0. The van der Waals surface area contributed by atoms with Crippen molar-refractivity contribution in [1.82, 2.24) is 0 Å². The van der Waals surface area contributed by atoms with Crippen molar-refractivity contribution in [3.63, 3.8) is 0 Å². The van der Waals surface area contributed by atoms with Crippen LogP contribution in [0.4, 0.5) is 0 Å². The fourth-order valence-electron chi connectivity index (χ4n) is 4.82. The molecule has 27 heavy (non-hydrogen) atoms. The minimum absolute atomic E-state index is 0. The summed E-state index contributed by atoms with van der Waals surface area (Å²) in [5, 5.41) is 0. The maximum Gasteiger partial charge on any atom is -1.00 e. The summed E-state index contributed by atoms with van der Waals surface area (Å²) in [4.78, 5) is 0. The van der Waals surface area contributed by atoms with Crippen LogP contribution >= 0.6 is 0 Å². The number of hydrogen-bond acceptors (Lipinski definition) is 0. The van der Waals surface area contributed by atoms with E-state index >= 15 is 0 Å². The molecule has 146 valence electrons. The Morgan fingerprint density at radius 2 is 1.48 bits per heavy atom. The van der Waals surface area contributed by atoms with Crippen LogP contribution in [0.3, 0.4) is 0 Å². The molecule has 0 amide bonds. The average molecular weight is 483 g/mol. The molecule has 1 saturated heterocycles. The number of fused-ring (bicyclic) bond motifs is 1. The van der Waals surface area contributed by atoms with Crippen LogP contribution in [0.25, 0.3) is 5.57 Å². The Bertz CT molecular complexity index is 812. The Labute approximate surface area is 182 Å². The molecule has 1 aliphatic heterocycles. The third kappa shape index (κ3) is 3.99. The molecular weight excluding hydrogens is 450 g/mol. The van der Waals surface area contributed by atoms with E-state index in [4.69, 9.17) is 0 Å². The van der Waals surface area contributed by atoms with Gasteiger partial charge in [-0.2, -0.15) is 0 Å². The van der Waals surface area contributed by atoms with Gasteiger partial charge in [0.2, 0.25) is 0 Å². The van der Waals surface area contributed by atoms with Gasteiger partial charge < -0.3 is 24.8 Å². The largest absolute Gasteiger partial charge is 1.00 e. The van der Waals surface area contributed by atoms with Gasteiger partial charge in [0.15, 0.2) is 0 Å². The molecule has 1 aromatic rings. The SMILES string of the molecule is CC(C)(C)C1=CC=[C]([Zr+2]2([CH]3C=C(C(C)(C)C)c4ccccc43)[CH2][CH2]2)C1.[Cl-].[Cl-]. The van der Waals surface area contributed by atoms with Gasteiger partial charge in [0.1, 0.15) is 0 Å². The van der Waals surface area contributed by atoms with Gasteiger partial charge in [-0.25, -0.2) is 0 Å². The molecule has 0 N–H and O–H groups in total. The maximum absolute atomic E-state index is 2.71. The molecule has 0 nitrogen and oxygen atoms in total. The van der Waals surface area contributed by atoms with Crippen LogP contribution in [0, 0.1) is 10.8 Å². The average Bonchev–Trinajstić information content (AvgIpc) is 2.99. The van der Waals surface area contributed by atoms with Crippen LogP contribution in [0.5, 0.6) is 0 Å². The van der Waals surface area contributed by atoms with Crippen LogP contribution in [-0.2, 0) is 20.3 Å². The quantitative estimate of drug-likeness (QED) is 0.599. The molecule has 1 unspecified atom stereocenters. The molecule has 0 radical (unpaired) electrons. The summed E-state index contributed by atoms with van der Waals surface area (Å²) in [5.41, 5.74) is 7.01. The zero-order valence-corrected chi connectivity index (χ0v) is 21.5. The van der Waals surface area contributed by atoms with Gasteiger partial charge in [-0.05, 0) is 0 Å². The first-order valence-corrected chi connectivity index (χ1v) is 16.0. The summed E-state index contributed by atoms with van der Waals surface area (Å²) in [6.07, 6.45) is 9.00. The summed E-state index contributed by atoms with van der Waals surface area (Å²) >= 11 is -2.23. The minimum Gasteiger partial charge on any atom is -1.00 e. The van der Waals surface area contributed by atoms with Crippen molar-refractivity contribution in [1.29, 1.82) is 0 Å². The zero-order chi connectivity index (χ0) is 18.0. The topological polar surface area (TPSA) is 0 Å². The number of halogens is 2. The molecular formula is C24H32Cl2Zr. The van der Waals surface area contributed by atoms with Gasteiger partial charge in [-0.1, -0.05) is 0 Å². The fraction of sp³-hybridized carbons (Fsp3) is 0.500. The second kappa shape index (κ2) is 7.62. The molecule has 0 spiro atoms. The predicted molar refractivity (Wildman–Crippen MR) is 106 cm³/mol. The van der Waals surface area contributed by atoms with Crippen molar-refractivity contribution in [2.24, 2.45) is 10.8 Å².